The number of imidazole rings is 1. The quantitative estimate of drug-likeness (QED) is 0.870. The Labute approximate surface area is 121 Å². The largest absolute Gasteiger partial charge is 0.481 e. The summed E-state index contributed by atoms with van der Waals surface area (Å²) in [6.07, 6.45) is 3.81. The molecule has 0 bridgehead atoms. The molecule has 2 aromatic rings. The molecule has 1 aliphatic rings. The molecule has 0 saturated heterocycles. The number of carbonyl (C=O) groups excluding carboxylic acids is 1. The lowest BCUT2D eigenvalue weighted by Crippen LogP contribution is -2.48. The molecule has 0 radical (unpaired) electrons. The summed E-state index contributed by atoms with van der Waals surface area (Å²) in [6, 6.07) is 7.58. The van der Waals surface area contributed by atoms with E-state index in [1.54, 1.807) is 10.9 Å². The topological polar surface area (TPSA) is 84.2 Å². The minimum absolute atomic E-state index is 0.149. The average Bonchev–Trinajstić information content (AvgIpc) is 2.81. The van der Waals surface area contributed by atoms with Crippen LogP contribution >= 0.6 is 0 Å². The van der Waals surface area contributed by atoms with Gasteiger partial charge < -0.3 is 15.0 Å². The first-order valence-electron chi connectivity index (χ1n) is 7.01. The van der Waals surface area contributed by atoms with Gasteiger partial charge in [0.1, 0.15) is 6.54 Å². The third kappa shape index (κ3) is 2.49. The van der Waals surface area contributed by atoms with Crippen molar-refractivity contribution in [3.05, 3.63) is 30.6 Å². The summed E-state index contributed by atoms with van der Waals surface area (Å²) in [4.78, 5) is 27.5. The maximum absolute atomic E-state index is 12.0. The van der Waals surface area contributed by atoms with Gasteiger partial charge >= 0.3 is 5.97 Å². The molecular weight excluding hydrogens is 270 g/mol. The number of rotatable bonds is 5. The Balaban J connectivity index is 1.63. The molecule has 21 heavy (non-hydrogen) atoms. The molecule has 0 atom stereocenters. The van der Waals surface area contributed by atoms with Gasteiger partial charge in [-0.25, -0.2) is 4.98 Å². The average molecular weight is 287 g/mol. The third-order valence-corrected chi connectivity index (χ3v) is 4.23. The number of carboxylic acid groups (broad SMARTS) is 1. The number of nitrogens with one attached hydrogen (secondary N) is 1. The minimum atomic E-state index is -0.817. The highest BCUT2D eigenvalue weighted by Gasteiger charge is 2.44. The van der Waals surface area contributed by atoms with Crippen LogP contribution in [0.3, 0.4) is 0 Å². The molecular formula is C15H17N3O3. The zero-order valence-electron chi connectivity index (χ0n) is 11.6. The normalized spacial score (nSPS) is 16.4. The lowest BCUT2D eigenvalue weighted by atomic mass is 9.69. The van der Waals surface area contributed by atoms with Gasteiger partial charge in [-0.15, -0.1) is 0 Å². The van der Waals surface area contributed by atoms with E-state index < -0.39 is 11.4 Å². The summed E-state index contributed by atoms with van der Waals surface area (Å²) in [5.41, 5.74) is 0.975. The number of para-hydroxylation sites is 2. The number of fused-ring (bicyclic) bond motifs is 1. The highest BCUT2D eigenvalue weighted by molar-refractivity contribution is 5.81. The third-order valence-electron chi connectivity index (χ3n) is 4.23. The number of aromatic nitrogens is 2. The van der Waals surface area contributed by atoms with E-state index >= 15 is 0 Å². The Morgan fingerprint density at radius 2 is 2.10 bits per heavy atom. The monoisotopic (exact) mass is 287 g/mol. The van der Waals surface area contributed by atoms with Crippen molar-refractivity contribution >= 4 is 22.9 Å². The van der Waals surface area contributed by atoms with E-state index in [4.69, 9.17) is 0 Å². The van der Waals surface area contributed by atoms with Crippen LogP contribution in [0.5, 0.6) is 0 Å². The number of carbonyl (C=O) groups is 2. The summed E-state index contributed by atoms with van der Waals surface area (Å²) >= 11 is 0. The van der Waals surface area contributed by atoms with E-state index in [1.807, 2.05) is 24.3 Å². The highest BCUT2D eigenvalue weighted by atomic mass is 16.4. The van der Waals surface area contributed by atoms with Crippen molar-refractivity contribution in [2.45, 2.75) is 25.8 Å². The second-order valence-corrected chi connectivity index (χ2v) is 5.58. The van der Waals surface area contributed by atoms with E-state index in [2.05, 4.69) is 10.3 Å². The first kappa shape index (κ1) is 13.6. The lowest BCUT2D eigenvalue weighted by molar-refractivity contribution is -0.154. The molecule has 1 amide bonds. The molecule has 1 aromatic carbocycles. The van der Waals surface area contributed by atoms with Crippen LogP contribution in [0.15, 0.2) is 30.6 Å². The SMILES string of the molecule is O=C(Cn1cnc2ccccc21)NCC1(C(=O)O)CCC1. The number of amides is 1. The molecule has 1 heterocycles. The Kier molecular flexibility index (Phi) is 3.37. The van der Waals surface area contributed by atoms with Crippen molar-refractivity contribution in [3.8, 4) is 0 Å². The summed E-state index contributed by atoms with van der Waals surface area (Å²) in [7, 11) is 0. The van der Waals surface area contributed by atoms with Gasteiger partial charge in [-0.3, -0.25) is 9.59 Å². The fraction of sp³-hybridized carbons (Fsp3) is 0.400. The van der Waals surface area contributed by atoms with Crippen molar-refractivity contribution in [1.29, 1.82) is 0 Å². The van der Waals surface area contributed by atoms with Crippen LogP contribution in [0.2, 0.25) is 0 Å². The molecule has 6 heteroatoms. The predicted molar refractivity (Wildman–Crippen MR) is 76.7 cm³/mol. The standard InChI is InChI=1S/C15H17N3O3/c19-13(16-9-15(14(20)21)6-3-7-15)8-18-10-17-11-4-1-2-5-12(11)18/h1-2,4-5,10H,3,6-9H2,(H,16,19)(H,20,21). The summed E-state index contributed by atoms with van der Waals surface area (Å²) < 4.78 is 1.76. The molecule has 1 saturated carbocycles. The van der Waals surface area contributed by atoms with Gasteiger partial charge in [-0.1, -0.05) is 18.6 Å². The fourth-order valence-corrected chi connectivity index (χ4v) is 2.68. The number of hydrogen-bond acceptors (Lipinski definition) is 3. The Bertz CT molecular complexity index is 688. The second-order valence-electron chi connectivity index (χ2n) is 5.58. The van der Waals surface area contributed by atoms with E-state index in [-0.39, 0.29) is 19.0 Å². The second kappa shape index (κ2) is 5.20. The van der Waals surface area contributed by atoms with E-state index in [1.165, 1.54) is 0 Å². The van der Waals surface area contributed by atoms with Crippen LogP contribution in [-0.4, -0.2) is 33.1 Å². The first-order chi connectivity index (χ1) is 10.1. The van der Waals surface area contributed by atoms with Crippen LogP contribution < -0.4 is 5.32 Å². The van der Waals surface area contributed by atoms with Crippen LogP contribution in [0.25, 0.3) is 11.0 Å². The lowest BCUT2D eigenvalue weighted by Gasteiger charge is -2.37. The zero-order valence-corrected chi connectivity index (χ0v) is 11.6. The molecule has 1 aromatic heterocycles. The van der Waals surface area contributed by atoms with E-state index in [9.17, 15) is 14.7 Å². The number of hydrogen-bond donors (Lipinski definition) is 2. The maximum atomic E-state index is 12.0. The molecule has 0 spiro atoms. The van der Waals surface area contributed by atoms with Gasteiger partial charge in [-0.2, -0.15) is 0 Å². The van der Waals surface area contributed by atoms with Gasteiger partial charge in [0.25, 0.3) is 0 Å². The molecule has 1 aliphatic carbocycles. The van der Waals surface area contributed by atoms with Crippen LogP contribution in [0, 0.1) is 5.41 Å². The van der Waals surface area contributed by atoms with Crippen molar-refractivity contribution in [1.82, 2.24) is 14.9 Å². The first-order valence-corrected chi connectivity index (χ1v) is 7.01. The number of carboxylic acids is 1. The van der Waals surface area contributed by atoms with Crippen LogP contribution in [-0.2, 0) is 16.1 Å². The molecule has 1 fully saturated rings. The van der Waals surface area contributed by atoms with Gasteiger partial charge in [0.2, 0.25) is 5.91 Å². The summed E-state index contributed by atoms with van der Waals surface area (Å²) in [5, 5.41) is 12.0. The molecule has 0 aliphatic heterocycles. The molecule has 3 rings (SSSR count). The predicted octanol–water partition coefficient (Wildman–Crippen LogP) is 1.41. The van der Waals surface area contributed by atoms with Crippen LogP contribution in [0.4, 0.5) is 0 Å². The van der Waals surface area contributed by atoms with Crippen molar-refractivity contribution in [2.75, 3.05) is 6.54 Å². The van der Waals surface area contributed by atoms with E-state index in [0.717, 1.165) is 17.5 Å². The Hall–Kier alpha value is -2.37. The molecule has 6 nitrogen and oxygen atoms in total. The fourth-order valence-electron chi connectivity index (χ4n) is 2.68. The van der Waals surface area contributed by atoms with Crippen molar-refractivity contribution in [2.24, 2.45) is 5.41 Å². The maximum Gasteiger partial charge on any atom is 0.311 e. The Morgan fingerprint density at radius 3 is 2.76 bits per heavy atom. The number of aliphatic carboxylic acids is 1. The smallest absolute Gasteiger partial charge is 0.311 e. The van der Waals surface area contributed by atoms with Crippen molar-refractivity contribution in [3.63, 3.8) is 0 Å². The van der Waals surface area contributed by atoms with Gasteiger partial charge in [0.15, 0.2) is 0 Å². The van der Waals surface area contributed by atoms with Gasteiger partial charge in [-0.05, 0) is 25.0 Å². The zero-order chi connectivity index (χ0) is 14.9. The Morgan fingerprint density at radius 1 is 1.33 bits per heavy atom. The summed E-state index contributed by atoms with van der Waals surface area (Å²) in [6.45, 7) is 0.351. The number of benzene rings is 1. The molecule has 110 valence electrons. The number of nitrogens with zero attached hydrogens (tertiary/aromatic N) is 2. The summed E-state index contributed by atoms with van der Waals surface area (Å²) in [5.74, 6) is -1.01. The molecule has 0 unspecified atom stereocenters. The van der Waals surface area contributed by atoms with E-state index in [0.29, 0.717) is 12.8 Å². The van der Waals surface area contributed by atoms with Gasteiger partial charge in [0.05, 0.1) is 22.8 Å². The molecule has 2 N–H and O–H groups in total. The van der Waals surface area contributed by atoms with Gasteiger partial charge in [0, 0.05) is 6.54 Å². The highest BCUT2D eigenvalue weighted by Crippen LogP contribution is 2.40. The minimum Gasteiger partial charge on any atom is -0.481 e. The van der Waals surface area contributed by atoms with Crippen molar-refractivity contribution < 1.29 is 14.7 Å². The van der Waals surface area contributed by atoms with Crippen LogP contribution in [0.1, 0.15) is 19.3 Å².